The summed E-state index contributed by atoms with van der Waals surface area (Å²) in [6.45, 7) is 1.39. The van der Waals surface area contributed by atoms with E-state index in [1.165, 1.54) is 0 Å². The van der Waals surface area contributed by atoms with E-state index >= 15 is 0 Å². The predicted octanol–water partition coefficient (Wildman–Crippen LogP) is 0.398. The van der Waals surface area contributed by atoms with Gasteiger partial charge < -0.3 is 14.8 Å². The molecule has 2 rings (SSSR count). The third-order valence-corrected chi connectivity index (χ3v) is 2.09. The van der Waals surface area contributed by atoms with Gasteiger partial charge in [-0.05, 0) is 18.6 Å². The molecule has 1 unspecified atom stereocenters. The van der Waals surface area contributed by atoms with Crippen molar-refractivity contribution < 1.29 is 9.47 Å². The van der Waals surface area contributed by atoms with E-state index in [4.69, 9.17) is 21.7 Å². The van der Waals surface area contributed by atoms with E-state index in [0.717, 1.165) is 19.4 Å². The van der Waals surface area contributed by atoms with Crippen LogP contribution in [-0.4, -0.2) is 24.1 Å². The highest BCUT2D eigenvalue weighted by Crippen LogP contribution is 2.26. The minimum atomic E-state index is -0.253. The Balaban J connectivity index is 2.09. The lowest BCUT2D eigenvalue weighted by Crippen LogP contribution is -2.42. The van der Waals surface area contributed by atoms with Gasteiger partial charge in [0.25, 0.3) is 5.17 Å². The van der Waals surface area contributed by atoms with Gasteiger partial charge in [0, 0.05) is 13.0 Å². The second-order valence-electron chi connectivity index (χ2n) is 2.65. The second-order valence-corrected chi connectivity index (χ2v) is 3.02. The lowest BCUT2D eigenvalue weighted by Gasteiger charge is -2.18. The first-order valence-corrected chi connectivity index (χ1v) is 3.81. The summed E-state index contributed by atoms with van der Waals surface area (Å²) in [5, 5.41) is 3.49. The number of hydrogen-bond donors (Lipinski definition) is 1. The number of rotatable bonds is 0. The number of thiocarbonyl (C=S) groups is 1. The fourth-order valence-electron chi connectivity index (χ4n) is 1.35. The zero-order valence-corrected chi connectivity index (χ0v) is 6.37. The van der Waals surface area contributed by atoms with Gasteiger partial charge in [-0.25, -0.2) is 0 Å². The van der Waals surface area contributed by atoms with Crippen molar-refractivity contribution in [2.24, 2.45) is 0 Å². The van der Waals surface area contributed by atoms with Crippen molar-refractivity contribution in [2.45, 2.75) is 18.6 Å². The van der Waals surface area contributed by atoms with Crippen molar-refractivity contribution in [1.29, 1.82) is 0 Å². The summed E-state index contributed by atoms with van der Waals surface area (Å²) in [6, 6.07) is 0. The van der Waals surface area contributed by atoms with E-state index in [0.29, 0.717) is 11.8 Å². The zero-order valence-electron chi connectivity index (χ0n) is 5.55. The van der Waals surface area contributed by atoms with Crippen LogP contribution in [0.15, 0.2) is 0 Å². The zero-order chi connectivity index (χ0) is 7.03. The molecule has 1 N–H and O–H groups in total. The standard InChI is InChI=1S/C6H9NO2S/c10-5-7-6(4-8-5)2-1-3-9-6/h1-4H2,(H,7,10). The van der Waals surface area contributed by atoms with Gasteiger partial charge in [-0.3, -0.25) is 0 Å². The highest BCUT2D eigenvalue weighted by atomic mass is 32.1. The Morgan fingerprint density at radius 1 is 1.60 bits per heavy atom. The molecule has 10 heavy (non-hydrogen) atoms. The van der Waals surface area contributed by atoms with Crippen LogP contribution in [-0.2, 0) is 9.47 Å². The van der Waals surface area contributed by atoms with Gasteiger partial charge in [-0.1, -0.05) is 0 Å². The van der Waals surface area contributed by atoms with Crippen molar-refractivity contribution in [3.05, 3.63) is 0 Å². The third kappa shape index (κ3) is 0.876. The van der Waals surface area contributed by atoms with Gasteiger partial charge in [0.05, 0.1) is 0 Å². The van der Waals surface area contributed by atoms with Crippen LogP contribution in [0.4, 0.5) is 0 Å². The average molecular weight is 159 g/mol. The SMILES string of the molecule is S=C1NC2(CCCO2)CO1. The lowest BCUT2D eigenvalue weighted by atomic mass is 10.2. The summed E-state index contributed by atoms with van der Waals surface area (Å²) in [5.41, 5.74) is -0.253. The van der Waals surface area contributed by atoms with Crippen LogP contribution in [0.2, 0.25) is 0 Å². The first kappa shape index (κ1) is 6.37. The molecule has 0 aromatic heterocycles. The van der Waals surface area contributed by atoms with E-state index in [9.17, 15) is 0 Å². The Labute approximate surface area is 64.7 Å². The van der Waals surface area contributed by atoms with Crippen LogP contribution in [0, 0.1) is 0 Å². The van der Waals surface area contributed by atoms with Crippen molar-refractivity contribution in [2.75, 3.05) is 13.2 Å². The third-order valence-electron chi connectivity index (χ3n) is 1.87. The molecule has 2 aliphatic rings. The van der Waals surface area contributed by atoms with Crippen LogP contribution < -0.4 is 5.32 Å². The molecule has 0 radical (unpaired) electrons. The Morgan fingerprint density at radius 2 is 2.50 bits per heavy atom. The van der Waals surface area contributed by atoms with Gasteiger partial charge in [0.1, 0.15) is 6.61 Å². The van der Waals surface area contributed by atoms with E-state index in [-0.39, 0.29) is 5.72 Å². The van der Waals surface area contributed by atoms with Crippen molar-refractivity contribution >= 4 is 17.4 Å². The lowest BCUT2D eigenvalue weighted by molar-refractivity contribution is -0.0153. The minimum absolute atomic E-state index is 0.253. The molecule has 0 aliphatic carbocycles. The second kappa shape index (κ2) is 2.07. The van der Waals surface area contributed by atoms with Crippen LogP contribution in [0.5, 0.6) is 0 Å². The Kier molecular flexibility index (Phi) is 1.32. The molecule has 0 bridgehead atoms. The van der Waals surface area contributed by atoms with Gasteiger partial charge >= 0.3 is 0 Å². The molecule has 1 atom stereocenters. The normalized spacial score (nSPS) is 38.2. The Morgan fingerprint density at radius 3 is 3.00 bits per heavy atom. The van der Waals surface area contributed by atoms with E-state index in [2.05, 4.69) is 5.32 Å². The molecule has 0 saturated carbocycles. The quantitative estimate of drug-likeness (QED) is 0.518. The van der Waals surface area contributed by atoms with E-state index in [1.54, 1.807) is 0 Å². The first-order valence-electron chi connectivity index (χ1n) is 3.40. The largest absolute Gasteiger partial charge is 0.466 e. The molecule has 0 aromatic carbocycles. The van der Waals surface area contributed by atoms with Crippen LogP contribution in [0.25, 0.3) is 0 Å². The maximum Gasteiger partial charge on any atom is 0.259 e. The highest BCUT2D eigenvalue weighted by molar-refractivity contribution is 7.80. The fourth-order valence-corrected chi connectivity index (χ4v) is 1.60. The molecular formula is C6H9NO2S. The molecule has 0 aromatic rings. The summed E-state index contributed by atoms with van der Waals surface area (Å²) in [5.74, 6) is 0. The molecule has 2 fully saturated rings. The molecule has 4 heteroatoms. The van der Waals surface area contributed by atoms with Gasteiger partial charge in [-0.15, -0.1) is 0 Å². The molecule has 0 amide bonds. The molecule has 3 nitrogen and oxygen atoms in total. The molecule has 56 valence electrons. The first-order chi connectivity index (χ1) is 4.81. The Bertz CT molecular complexity index is 165. The maximum absolute atomic E-state index is 5.45. The average Bonchev–Trinajstić information content (AvgIpc) is 2.46. The molecular weight excluding hydrogens is 150 g/mol. The fraction of sp³-hybridized carbons (Fsp3) is 0.833. The smallest absolute Gasteiger partial charge is 0.259 e. The molecule has 2 aliphatic heterocycles. The summed E-state index contributed by atoms with van der Waals surface area (Å²) in [7, 11) is 0. The van der Waals surface area contributed by atoms with Gasteiger partial charge in [-0.2, -0.15) is 0 Å². The van der Waals surface area contributed by atoms with Crippen molar-refractivity contribution in [3.63, 3.8) is 0 Å². The highest BCUT2D eigenvalue weighted by Gasteiger charge is 2.41. The van der Waals surface area contributed by atoms with Crippen LogP contribution in [0.1, 0.15) is 12.8 Å². The van der Waals surface area contributed by atoms with Gasteiger partial charge in [0.2, 0.25) is 0 Å². The van der Waals surface area contributed by atoms with Crippen molar-refractivity contribution in [1.82, 2.24) is 5.32 Å². The number of ether oxygens (including phenoxy) is 2. The van der Waals surface area contributed by atoms with Gasteiger partial charge in [0.15, 0.2) is 5.72 Å². The number of hydrogen-bond acceptors (Lipinski definition) is 3. The number of nitrogens with one attached hydrogen (secondary N) is 1. The summed E-state index contributed by atoms with van der Waals surface area (Å²) >= 11 is 4.81. The Hall–Kier alpha value is -0.350. The summed E-state index contributed by atoms with van der Waals surface area (Å²) in [4.78, 5) is 0. The molecule has 1 spiro atoms. The molecule has 2 heterocycles. The predicted molar refractivity (Wildman–Crippen MR) is 39.6 cm³/mol. The topological polar surface area (TPSA) is 30.5 Å². The van der Waals surface area contributed by atoms with E-state index in [1.807, 2.05) is 0 Å². The summed E-state index contributed by atoms with van der Waals surface area (Å²) in [6.07, 6.45) is 2.10. The van der Waals surface area contributed by atoms with E-state index < -0.39 is 0 Å². The van der Waals surface area contributed by atoms with Crippen LogP contribution >= 0.6 is 12.2 Å². The minimum Gasteiger partial charge on any atom is -0.466 e. The maximum atomic E-state index is 5.45. The van der Waals surface area contributed by atoms with Crippen molar-refractivity contribution in [3.8, 4) is 0 Å². The van der Waals surface area contributed by atoms with Crippen LogP contribution in [0.3, 0.4) is 0 Å². The molecule has 2 saturated heterocycles. The summed E-state index contributed by atoms with van der Waals surface area (Å²) < 4.78 is 10.5. The monoisotopic (exact) mass is 159 g/mol.